The third kappa shape index (κ3) is 3.73. The summed E-state index contributed by atoms with van der Waals surface area (Å²) in [6, 6.07) is 5.41. The molecule has 0 saturated heterocycles. The average Bonchev–Trinajstić information content (AvgIpc) is 2.31. The Balaban J connectivity index is 2.96. The Morgan fingerprint density at radius 3 is 2.16 bits per heavy atom. The SMILES string of the molecule is CC=C(CC)c1ccc(OS(=O)(=O)C(F)(F)F)cc1. The molecule has 0 bridgehead atoms. The Morgan fingerprint density at radius 2 is 1.79 bits per heavy atom. The number of benzene rings is 1. The number of hydrogen-bond donors (Lipinski definition) is 0. The van der Waals surface area contributed by atoms with Gasteiger partial charge >= 0.3 is 15.6 Å². The highest BCUT2D eigenvalue weighted by Gasteiger charge is 2.48. The zero-order valence-corrected chi connectivity index (χ0v) is 11.2. The molecule has 1 rings (SSSR count). The van der Waals surface area contributed by atoms with Crippen LogP contribution >= 0.6 is 0 Å². The first-order chi connectivity index (χ1) is 8.71. The monoisotopic (exact) mass is 294 g/mol. The average molecular weight is 294 g/mol. The number of halogens is 3. The molecule has 0 saturated carbocycles. The van der Waals surface area contributed by atoms with Crippen molar-refractivity contribution in [2.75, 3.05) is 0 Å². The molecular weight excluding hydrogens is 281 g/mol. The number of alkyl halides is 3. The van der Waals surface area contributed by atoms with Crippen LogP contribution in [0.2, 0.25) is 0 Å². The second-order valence-electron chi connectivity index (χ2n) is 3.68. The van der Waals surface area contributed by atoms with Crippen LogP contribution in [0.3, 0.4) is 0 Å². The fourth-order valence-corrected chi connectivity index (χ4v) is 1.93. The molecule has 0 amide bonds. The summed E-state index contributed by atoms with van der Waals surface area (Å²) in [5.74, 6) is -0.368. The second-order valence-corrected chi connectivity index (χ2v) is 5.21. The number of rotatable bonds is 4. The lowest BCUT2D eigenvalue weighted by molar-refractivity contribution is -0.0500. The van der Waals surface area contributed by atoms with Gasteiger partial charge < -0.3 is 4.18 Å². The van der Waals surface area contributed by atoms with Gasteiger partial charge in [-0.15, -0.1) is 0 Å². The second kappa shape index (κ2) is 5.64. The zero-order chi connectivity index (χ0) is 14.7. The van der Waals surface area contributed by atoms with E-state index >= 15 is 0 Å². The third-order valence-electron chi connectivity index (χ3n) is 2.44. The fourth-order valence-electron chi connectivity index (χ4n) is 1.47. The minimum Gasteiger partial charge on any atom is -0.376 e. The molecule has 0 N–H and O–H groups in total. The van der Waals surface area contributed by atoms with Crippen molar-refractivity contribution in [3.63, 3.8) is 0 Å². The Bertz CT molecular complexity index is 557. The number of allylic oxidation sites excluding steroid dienone is 2. The topological polar surface area (TPSA) is 43.4 Å². The highest BCUT2D eigenvalue weighted by Crippen LogP contribution is 2.28. The summed E-state index contributed by atoms with van der Waals surface area (Å²) in [6.07, 6.45) is 2.64. The lowest BCUT2D eigenvalue weighted by Crippen LogP contribution is -2.28. The summed E-state index contributed by atoms with van der Waals surface area (Å²) in [4.78, 5) is 0. The summed E-state index contributed by atoms with van der Waals surface area (Å²) < 4.78 is 61.9. The maximum absolute atomic E-state index is 12.1. The van der Waals surface area contributed by atoms with Gasteiger partial charge in [0.25, 0.3) is 0 Å². The van der Waals surface area contributed by atoms with Crippen molar-refractivity contribution in [2.24, 2.45) is 0 Å². The highest BCUT2D eigenvalue weighted by atomic mass is 32.2. The molecule has 0 aliphatic rings. The van der Waals surface area contributed by atoms with E-state index in [-0.39, 0.29) is 5.75 Å². The molecule has 0 aliphatic heterocycles. The van der Waals surface area contributed by atoms with E-state index in [1.807, 2.05) is 19.9 Å². The number of hydrogen-bond acceptors (Lipinski definition) is 3. The molecular formula is C12H13F3O3S. The van der Waals surface area contributed by atoms with Gasteiger partial charge in [0.15, 0.2) is 0 Å². The minimum atomic E-state index is -5.61. The Kier molecular flexibility index (Phi) is 4.62. The largest absolute Gasteiger partial charge is 0.534 e. The van der Waals surface area contributed by atoms with Gasteiger partial charge in [-0.1, -0.05) is 25.1 Å². The van der Waals surface area contributed by atoms with Gasteiger partial charge in [0, 0.05) is 0 Å². The van der Waals surface area contributed by atoms with Gasteiger partial charge in [-0.05, 0) is 36.6 Å². The molecule has 0 fully saturated rings. The predicted octanol–water partition coefficient (Wildman–Crippen LogP) is 3.73. The normalized spacial score (nSPS) is 13.4. The summed E-state index contributed by atoms with van der Waals surface area (Å²) in [6.45, 7) is 3.78. The first-order valence-corrected chi connectivity index (χ1v) is 6.88. The molecule has 1 aromatic rings. The molecule has 7 heteroatoms. The van der Waals surface area contributed by atoms with E-state index in [0.29, 0.717) is 0 Å². The van der Waals surface area contributed by atoms with Crippen molar-refractivity contribution >= 4 is 15.7 Å². The minimum absolute atomic E-state index is 0.368. The van der Waals surface area contributed by atoms with Crippen LogP contribution in [0.25, 0.3) is 5.57 Å². The maximum Gasteiger partial charge on any atom is 0.534 e. The lowest BCUT2D eigenvalue weighted by atomic mass is 10.0. The molecule has 0 unspecified atom stereocenters. The molecule has 0 heterocycles. The van der Waals surface area contributed by atoms with Gasteiger partial charge in [-0.2, -0.15) is 21.6 Å². The molecule has 19 heavy (non-hydrogen) atoms. The van der Waals surface area contributed by atoms with E-state index in [9.17, 15) is 21.6 Å². The molecule has 0 atom stereocenters. The zero-order valence-electron chi connectivity index (χ0n) is 10.4. The molecule has 0 aliphatic carbocycles. The molecule has 3 nitrogen and oxygen atoms in total. The van der Waals surface area contributed by atoms with Crippen LogP contribution in [0.4, 0.5) is 13.2 Å². The third-order valence-corrected chi connectivity index (χ3v) is 3.42. The van der Waals surface area contributed by atoms with Crippen LogP contribution in [0, 0.1) is 0 Å². The van der Waals surface area contributed by atoms with Crippen molar-refractivity contribution in [2.45, 2.75) is 25.8 Å². The van der Waals surface area contributed by atoms with Crippen molar-refractivity contribution in [3.05, 3.63) is 35.9 Å². The van der Waals surface area contributed by atoms with Gasteiger partial charge in [0.1, 0.15) is 5.75 Å². The molecule has 106 valence electrons. The van der Waals surface area contributed by atoms with E-state index in [4.69, 9.17) is 0 Å². The standard InChI is InChI=1S/C12H13F3O3S/c1-3-9(4-2)10-5-7-11(8-6-10)18-19(16,17)12(13,14)15/h3,5-8H,4H2,1-2H3. The lowest BCUT2D eigenvalue weighted by Gasteiger charge is -2.10. The van der Waals surface area contributed by atoms with Crippen LogP contribution in [0.5, 0.6) is 5.75 Å². The van der Waals surface area contributed by atoms with Crippen molar-refractivity contribution in [1.82, 2.24) is 0 Å². The highest BCUT2D eigenvalue weighted by molar-refractivity contribution is 7.87. The fraction of sp³-hybridized carbons (Fsp3) is 0.333. The summed E-state index contributed by atoms with van der Waals surface area (Å²) in [5.41, 5.74) is -3.61. The van der Waals surface area contributed by atoms with E-state index in [2.05, 4.69) is 4.18 Å². The first-order valence-electron chi connectivity index (χ1n) is 5.47. The van der Waals surface area contributed by atoms with E-state index in [1.54, 1.807) is 0 Å². The summed E-state index contributed by atoms with van der Waals surface area (Å²) in [5, 5.41) is 0. The van der Waals surface area contributed by atoms with Crippen molar-refractivity contribution in [3.8, 4) is 5.75 Å². The molecule has 0 radical (unpaired) electrons. The van der Waals surface area contributed by atoms with Crippen LogP contribution in [-0.4, -0.2) is 13.9 Å². The van der Waals surface area contributed by atoms with Crippen molar-refractivity contribution < 1.29 is 25.8 Å². The van der Waals surface area contributed by atoms with E-state index < -0.39 is 15.6 Å². The van der Waals surface area contributed by atoms with E-state index in [0.717, 1.165) is 17.6 Å². The molecule has 1 aromatic carbocycles. The first kappa shape index (κ1) is 15.6. The van der Waals surface area contributed by atoms with Gasteiger partial charge in [-0.3, -0.25) is 0 Å². The Hall–Kier alpha value is -1.50. The van der Waals surface area contributed by atoms with Crippen LogP contribution in [-0.2, 0) is 10.1 Å². The maximum atomic E-state index is 12.1. The molecule has 0 aromatic heterocycles. The summed E-state index contributed by atoms with van der Waals surface area (Å²) >= 11 is 0. The molecule has 0 spiro atoms. The quantitative estimate of drug-likeness (QED) is 0.628. The van der Waals surface area contributed by atoms with Crippen molar-refractivity contribution in [1.29, 1.82) is 0 Å². The van der Waals surface area contributed by atoms with E-state index in [1.165, 1.54) is 24.3 Å². The summed E-state index contributed by atoms with van der Waals surface area (Å²) in [7, 11) is -5.61. The smallest absolute Gasteiger partial charge is 0.376 e. The van der Waals surface area contributed by atoms with Crippen LogP contribution < -0.4 is 4.18 Å². The van der Waals surface area contributed by atoms with Gasteiger partial charge in [0.2, 0.25) is 0 Å². The predicted molar refractivity (Wildman–Crippen MR) is 66.0 cm³/mol. The van der Waals surface area contributed by atoms with Gasteiger partial charge in [0.05, 0.1) is 0 Å². The Labute approximate surface area is 109 Å². The van der Waals surface area contributed by atoms with Crippen LogP contribution in [0.1, 0.15) is 25.8 Å². The Morgan fingerprint density at radius 1 is 1.26 bits per heavy atom. The van der Waals surface area contributed by atoms with Gasteiger partial charge in [-0.25, -0.2) is 0 Å². The van der Waals surface area contributed by atoms with Crippen LogP contribution in [0.15, 0.2) is 30.3 Å².